The predicted octanol–water partition coefficient (Wildman–Crippen LogP) is 3.90. The maximum absolute atomic E-state index is 12.8. The van der Waals surface area contributed by atoms with Crippen molar-refractivity contribution in [2.45, 2.75) is 6.54 Å². The number of rotatable bonds is 4. The lowest BCUT2D eigenvalue weighted by Gasteiger charge is -2.11. The second kappa shape index (κ2) is 6.63. The van der Waals surface area contributed by atoms with Gasteiger partial charge in [-0.2, -0.15) is 0 Å². The molecule has 0 saturated heterocycles. The molecule has 0 aliphatic carbocycles. The Morgan fingerprint density at radius 1 is 0.957 bits per heavy atom. The van der Waals surface area contributed by atoms with Gasteiger partial charge in [0.05, 0.1) is 0 Å². The summed E-state index contributed by atoms with van der Waals surface area (Å²) in [6, 6.07) is 19.8. The lowest BCUT2D eigenvalue weighted by Crippen LogP contribution is -2.20. The number of nitrogens with one attached hydrogen (secondary N) is 1. The molecule has 0 unspecified atom stereocenters. The van der Waals surface area contributed by atoms with Crippen molar-refractivity contribution in [1.82, 2.24) is 4.57 Å². The van der Waals surface area contributed by atoms with Crippen LogP contribution in [-0.4, -0.2) is 10.4 Å². The predicted molar refractivity (Wildman–Crippen MR) is 90.7 cm³/mol. The van der Waals surface area contributed by atoms with Crippen LogP contribution >= 0.6 is 11.6 Å². The molecular weight excluding hydrogens is 308 g/mol. The van der Waals surface area contributed by atoms with Gasteiger partial charge in [-0.05, 0) is 42.0 Å². The number of benzene rings is 2. The maximum Gasteiger partial charge on any atom is 0.193 e. The maximum atomic E-state index is 12.8. The smallest absolute Gasteiger partial charge is 0.193 e. The van der Waals surface area contributed by atoms with E-state index in [4.69, 9.17) is 17.0 Å². The van der Waals surface area contributed by atoms with Gasteiger partial charge < -0.3 is 4.57 Å². The molecule has 0 fully saturated rings. The van der Waals surface area contributed by atoms with Crippen LogP contribution in [0.15, 0.2) is 72.9 Å². The van der Waals surface area contributed by atoms with Crippen molar-refractivity contribution < 1.29 is 4.79 Å². The van der Waals surface area contributed by atoms with Crippen LogP contribution in [0.25, 0.3) is 0 Å². The summed E-state index contributed by atoms with van der Waals surface area (Å²) in [6.45, 7) is 0.481. The molecule has 1 heterocycles. The van der Waals surface area contributed by atoms with Gasteiger partial charge in [0.2, 0.25) is 0 Å². The van der Waals surface area contributed by atoms with Gasteiger partial charge >= 0.3 is 0 Å². The van der Waals surface area contributed by atoms with Crippen molar-refractivity contribution >= 4 is 17.4 Å². The molecule has 3 aromatic rings. The van der Waals surface area contributed by atoms with Crippen LogP contribution in [0.3, 0.4) is 0 Å². The van der Waals surface area contributed by atoms with E-state index in [1.807, 2.05) is 42.6 Å². The summed E-state index contributed by atoms with van der Waals surface area (Å²) in [5.41, 5.74) is 2.54. The summed E-state index contributed by atoms with van der Waals surface area (Å²) in [5, 5.41) is 8.55. The van der Waals surface area contributed by atoms with Crippen molar-refractivity contribution in [1.29, 1.82) is 5.41 Å². The van der Waals surface area contributed by atoms with Crippen molar-refractivity contribution in [3.05, 3.63) is 100 Å². The molecule has 3 rings (SSSR count). The van der Waals surface area contributed by atoms with Crippen LogP contribution in [0, 0.1) is 5.41 Å². The van der Waals surface area contributed by atoms with Gasteiger partial charge in [0.25, 0.3) is 0 Å². The minimum absolute atomic E-state index is 0.0414. The van der Waals surface area contributed by atoms with E-state index in [1.165, 1.54) is 0 Å². The van der Waals surface area contributed by atoms with Gasteiger partial charge in [-0.1, -0.05) is 41.9 Å². The molecule has 1 N–H and O–H groups in total. The first-order valence-electron chi connectivity index (χ1n) is 7.23. The zero-order chi connectivity index (χ0) is 16.2. The molecule has 3 nitrogen and oxygen atoms in total. The molecule has 0 saturated carbocycles. The highest BCUT2D eigenvalue weighted by molar-refractivity contribution is 6.30. The van der Waals surface area contributed by atoms with E-state index >= 15 is 0 Å². The van der Waals surface area contributed by atoms with E-state index in [-0.39, 0.29) is 5.78 Å². The highest BCUT2D eigenvalue weighted by atomic mass is 35.5. The summed E-state index contributed by atoms with van der Waals surface area (Å²) in [7, 11) is 0. The standard InChI is InChI=1S/C19H15ClN2O/c20-16-10-8-14(9-11-16)19(23)17-6-2-1-5-15(17)13-22-12-4-3-7-18(22)21/h1-12,21H,13H2. The minimum Gasteiger partial charge on any atom is -0.329 e. The highest BCUT2D eigenvalue weighted by Crippen LogP contribution is 2.17. The van der Waals surface area contributed by atoms with Crippen molar-refractivity contribution in [2.75, 3.05) is 0 Å². The van der Waals surface area contributed by atoms with Crippen LogP contribution in [0.1, 0.15) is 21.5 Å². The van der Waals surface area contributed by atoms with Gasteiger partial charge in [-0.3, -0.25) is 10.2 Å². The van der Waals surface area contributed by atoms with Crippen LogP contribution < -0.4 is 5.49 Å². The molecule has 23 heavy (non-hydrogen) atoms. The molecule has 1 aromatic heterocycles. The van der Waals surface area contributed by atoms with E-state index in [0.29, 0.717) is 28.2 Å². The molecule has 0 amide bonds. The fourth-order valence-corrected chi connectivity index (χ4v) is 2.56. The molecule has 2 aromatic carbocycles. The SMILES string of the molecule is N=c1ccccn1Cc1ccccc1C(=O)c1ccc(Cl)cc1. The number of aromatic nitrogens is 1. The summed E-state index contributed by atoms with van der Waals surface area (Å²) >= 11 is 5.88. The number of carbonyl (C=O) groups excluding carboxylic acids is 1. The first-order valence-corrected chi connectivity index (χ1v) is 7.61. The fourth-order valence-electron chi connectivity index (χ4n) is 2.43. The molecule has 0 spiro atoms. The number of ketones is 1. The fraction of sp³-hybridized carbons (Fsp3) is 0.0526. The lowest BCUT2D eigenvalue weighted by atomic mass is 9.98. The van der Waals surface area contributed by atoms with Gasteiger partial charge in [-0.25, -0.2) is 0 Å². The normalized spacial score (nSPS) is 10.5. The zero-order valence-corrected chi connectivity index (χ0v) is 13.1. The Bertz CT molecular complexity index is 897. The summed E-state index contributed by atoms with van der Waals surface area (Å²) in [4.78, 5) is 12.8. The average Bonchev–Trinajstić information content (AvgIpc) is 2.57. The van der Waals surface area contributed by atoms with E-state index < -0.39 is 0 Å². The Hall–Kier alpha value is -2.65. The Morgan fingerprint density at radius 2 is 1.65 bits per heavy atom. The molecule has 0 radical (unpaired) electrons. The van der Waals surface area contributed by atoms with Crippen molar-refractivity contribution in [3.8, 4) is 0 Å². The number of nitrogens with zero attached hydrogens (tertiary/aromatic N) is 1. The van der Waals surface area contributed by atoms with Crippen LogP contribution in [0.2, 0.25) is 5.02 Å². The molecule has 4 heteroatoms. The summed E-state index contributed by atoms with van der Waals surface area (Å²) < 4.78 is 1.80. The number of carbonyl (C=O) groups is 1. The number of hydrogen-bond acceptors (Lipinski definition) is 2. The molecule has 0 atom stereocenters. The largest absolute Gasteiger partial charge is 0.329 e. The van der Waals surface area contributed by atoms with Crippen LogP contribution in [0.4, 0.5) is 0 Å². The Kier molecular flexibility index (Phi) is 4.40. The van der Waals surface area contributed by atoms with Gasteiger partial charge in [0, 0.05) is 28.9 Å². The van der Waals surface area contributed by atoms with Crippen LogP contribution in [-0.2, 0) is 6.54 Å². The lowest BCUT2D eigenvalue weighted by molar-refractivity contribution is 0.103. The minimum atomic E-state index is -0.0414. The zero-order valence-electron chi connectivity index (χ0n) is 12.4. The number of pyridine rings is 1. The van der Waals surface area contributed by atoms with Crippen molar-refractivity contribution in [3.63, 3.8) is 0 Å². The Balaban J connectivity index is 1.98. The van der Waals surface area contributed by atoms with Gasteiger partial charge in [0.1, 0.15) is 5.49 Å². The third kappa shape index (κ3) is 3.41. The topological polar surface area (TPSA) is 45.9 Å². The summed E-state index contributed by atoms with van der Waals surface area (Å²) in [5.74, 6) is -0.0414. The molecular formula is C19H15ClN2O. The summed E-state index contributed by atoms with van der Waals surface area (Å²) in [6.07, 6.45) is 1.84. The van der Waals surface area contributed by atoms with Gasteiger partial charge in [-0.15, -0.1) is 0 Å². The highest BCUT2D eigenvalue weighted by Gasteiger charge is 2.13. The second-order valence-electron chi connectivity index (χ2n) is 5.21. The van der Waals surface area contributed by atoms with Crippen LogP contribution in [0.5, 0.6) is 0 Å². The van der Waals surface area contributed by atoms with Gasteiger partial charge in [0.15, 0.2) is 5.78 Å². The molecule has 0 aliphatic heterocycles. The Morgan fingerprint density at radius 3 is 2.39 bits per heavy atom. The molecule has 0 bridgehead atoms. The van der Waals surface area contributed by atoms with Crippen molar-refractivity contribution in [2.24, 2.45) is 0 Å². The molecule has 0 aliphatic rings. The quantitative estimate of drug-likeness (QED) is 0.727. The second-order valence-corrected chi connectivity index (χ2v) is 5.64. The van der Waals surface area contributed by atoms with E-state index in [2.05, 4.69) is 0 Å². The first kappa shape index (κ1) is 15.3. The van der Waals surface area contributed by atoms with E-state index in [1.54, 1.807) is 34.9 Å². The first-order chi connectivity index (χ1) is 11.1. The number of hydrogen-bond donors (Lipinski definition) is 1. The van der Waals surface area contributed by atoms with E-state index in [9.17, 15) is 4.79 Å². The third-order valence-electron chi connectivity index (χ3n) is 3.65. The average molecular weight is 323 g/mol. The molecule has 114 valence electrons. The monoisotopic (exact) mass is 322 g/mol. The number of halogens is 1. The Labute approximate surface area is 139 Å². The third-order valence-corrected chi connectivity index (χ3v) is 3.90. The van der Waals surface area contributed by atoms with E-state index in [0.717, 1.165) is 5.56 Å².